The first-order chi connectivity index (χ1) is 6.19. The number of esters is 1. The Morgan fingerprint density at radius 2 is 2.38 bits per heavy atom. The zero-order valence-corrected chi connectivity index (χ0v) is 8.60. The number of aryl methyl sites for hydroxylation is 1. The lowest BCUT2D eigenvalue weighted by atomic mass is 10.4. The highest BCUT2D eigenvalue weighted by Crippen LogP contribution is 2.12. The van der Waals surface area contributed by atoms with E-state index in [1.54, 1.807) is 20.9 Å². The number of ether oxygens (including phenoxy) is 1. The maximum absolute atomic E-state index is 11.3. The van der Waals surface area contributed by atoms with Crippen molar-refractivity contribution in [2.75, 3.05) is 13.7 Å². The lowest BCUT2D eigenvalue weighted by Crippen LogP contribution is -2.03. The Hall–Kier alpha value is -1.10. The Balaban J connectivity index is 3.01. The molecule has 4 nitrogen and oxygen atoms in total. The normalized spacial score (nSPS) is 11.8. The number of hydrogen-bond acceptors (Lipinski definition) is 5. The van der Waals surface area contributed by atoms with Crippen LogP contribution < -0.4 is 4.87 Å². The molecule has 0 bridgehead atoms. The minimum Gasteiger partial charge on any atom is -0.462 e. The van der Waals surface area contributed by atoms with Crippen LogP contribution in [-0.2, 0) is 4.74 Å². The molecule has 0 aliphatic heterocycles. The summed E-state index contributed by atoms with van der Waals surface area (Å²) in [5.41, 5.74) is 0. The van der Waals surface area contributed by atoms with Crippen molar-refractivity contribution in [1.29, 1.82) is 0 Å². The molecule has 1 rings (SSSR count). The molecule has 0 unspecified atom stereocenters. The molecular weight excluding hydrogens is 190 g/mol. The van der Waals surface area contributed by atoms with Crippen molar-refractivity contribution >= 4 is 17.3 Å². The van der Waals surface area contributed by atoms with Gasteiger partial charge >= 0.3 is 5.97 Å². The third-order valence-corrected chi connectivity index (χ3v) is 2.49. The molecule has 0 spiro atoms. The molecule has 1 aromatic heterocycles. The first kappa shape index (κ1) is 9.98. The highest BCUT2D eigenvalue weighted by molar-refractivity contribution is 7.11. The van der Waals surface area contributed by atoms with Crippen LogP contribution in [0, 0.1) is 6.92 Å². The average molecular weight is 201 g/mol. The Morgan fingerprint density at radius 3 is 2.85 bits per heavy atom. The molecule has 0 atom stereocenters. The summed E-state index contributed by atoms with van der Waals surface area (Å²) in [5.74, 6) is 0.215. The fourth-order valence-electron chi connectivity index (χ4n) is 0.831. The quantitative estimate of drug-likeness (QED) is 0.679. The number of carbonyl (C=O) groups excluding carboxylic acids is 1. The third kappa shape index (κ3) is 2.18. The average Bonchev–Trinajstić information content (AvgIpc) is 2.47. The van der Waals surface area contributed by atoms with Gasteiger partial charge in [-0.3, -0.25) is 0 Å². The maximum Gasteiger partial charge on any atom is 0.351 e. The van der Waals surface area contributed by atoms with Crippen LogP contribution in [0.3, 0.4) is 0 Å². The van der Waals surface area contributed by atoms with Crippen LogP contribution in [0.5, 0.6) is 0 Å². The smallest absolute Gasteiger partial charge is 0.351 e. The molecule has 13 heavy (non-hydrogen) atoms. The van der Waals surface area contributed by atoms with Gasteiger partial charge in [-0.2, -0.15) is 0 Å². The summed E-state index contributed by atoms with van der Waals surface area (Å²) in [7, 11) is 1.61. The lowest BCUT2D eigenvalue weighted by Gasteiger charge is -1.96. The standard InChI is InChI=1S/C8H11NO3S/c1-4-11-7(10)6-5(2)12-8(9-3)13-6/h4H2,1-3H3. The summed E-state index contributed by atoms with van der Waals surface area (Å²) in [6, 6.07) is 0. The Morgan fingerprint density at radius 1 is 1.69 bits per heavy atom. The molecular formula is C8H11NO3S. The van der Waals surface area contributed by atoms with Crippen LogP contribution in [0.4, 0.5) is 0 Å². The van der Waals surface area contributed by atoms with Gasteiger partial charge in [0.25, 0.3) is 4.87 Å². The van der Waals surface area contributed by atoms with E-state index in [1.165, 1.54) is 11.3 Å². The van der Waals surface area contributed by atoms with Crippen LogP contribution in [0.1, 0.15) is 22.4 Å². The zero-order valence-electron chi connectivity index (χ0n) is 7.79. The first-order valence-corrected chi connectivity index (χ1v) is 4.71. The van der Waals surface area contributed by atoms with Gasteiger partial charge in [-0.1, -0.05) is 11.3 Å². The van der Waals surface area contributed by atoms with E-state index in [0.717, 1.165) is 0 Å². The number of rotatable bonds is 2. The number of hydrogen-bond donors (Lipinski definition) is 0. The molecule has 72 valence electrons. The van der Waals surface area contributed by atoms with Crippen LogP contribution >= 0.6 is 11.3 Å². The van der Waals surface area contributed by atoms with Crippen molar-refractivity contribution in [2.45, 2.75) is 13.8 Å². The van der Waals surface area contributed by atoms with Gasteiger partial charge in [0.15, 0.2) is 4.88 Å². The molecule has 0 fully saturated rings. The minimum atomic E-state index is -0.344. The molecule has 5 heteroatoms. The largest absolute Gasteiger partial charge is 0.462 e. The van der Waals surface area contributed by atoms with Crippen LogP contribution in [-0.4, -0.2) is 19.6 Å². The highest BCUT2D eigenvalue weighted by atomic mass is 32.1. The van der Waals surface area contributed by atoms with E-state index >= 15 is 0 Å². The third-order valence-electron chi connectivity index (χ3n) is 1.39. The molecule has 0 aromatic carbocycles. The zero-order chi connectivity index (χ0) is 9.84. The van der Waals surface area contributed by atoms with Crippen molar-refractivity contribution in [1.82, 2.24) is 0 Å². The van der Waals surface area contributed by atoms with Gasteiger partial charge in [0.05, 0.1) is 6.61 Å². The van der Waals surface area contributed by atoms with E-state index < -0.39 is 0 Å². The predicted octanol–water partition coefficient (Wildman–Crippen LogP) is 1.36. The topological polar surface area (TPSA) is 51.8 Å². The van der Waals surface area contributed by atoms with E-state index in [4.69, 9.17) is 9.15 Å². The molecule has 1 aromatic rings. The van der Waals surface area contributed by atoms with Gasteiger partial charge < -0.3 is 9.15 Å². The van der Waals surface area contributed by atoms with Crippen LogP contribution in [0.25, 0.3) is 0 Å². The van der Waals surface area contributed by atoms with Crippen LogP contribution in [0.15, 0.2) is 9.41 Å². The molecule has 0 aliphatic carbocycles. The summed E-state index contributed by atoms with van der Waals surface area (Å²) in [6.07, 6.45) is 0. The monoisotopic (exact) mass is 201 g/mol. The number of nitrogens with zero attached hydrogens (tertiary/aromatic N) is 1. The van der Waals surface area contributed by atoms with Gasteiger partial charge in [0, 0.05) is 7.05 Å². The Kier molecular flexibility index (Phi) is 3.25. The highest BCUT2D eigenvalue weighted by Gasteiger charge is 2.14. The molecule has 0 amide bonds. The molecule has 0 saturated heterocycles. The second-order valence-corrected chi connectivity index (χ2v) is 3.26. The summed E-state index contributed by atoms with van der Waals surface area (Å²) in [6.45, 7) is 3.86. The van der Waals surface area contributed by atoms with Crippen molar-refractivity contribution in [3.8, 4) is 0 Å². The molecule has 1 heterocycles. The summed E-state index contributed by atoms with van der Waals surface area (Å²) < 4.78 is 10.0. The van der Waals surface area contributed by atoms with E-state index in [1.807, 2.05) is 0 Å². The van der Waals surface area contributed by atoms with Crippen molar-refractivity contribution < 1.29 is 13.9 Å². The van der Waals surface area contributed by atoms with Crippen molar-refractivity contribution in [3.63, 3.8) is 0 Å². The van der Waals surface area contributed by atoms with E-state index in [2.05, 4.69) is 4.99 Å². The fraction of sp³-hybridized carbons (Fsp3) is 0.500. The van der Waals surface area contributed by atoms with E-state index in [0.29, 0.717) is 22.1 Å². The fourth-order valence-corrected chi connectivity index (χ4v) is 1.59. The van der Waals surface area contributed by atoms with Gasteiger partial charge in [0.2, 0.25) is 0 Å². The van der Waals surface area contributed by atoms with Crippen molar-refractivity contribution in [3.05, 3.63) is 15.5 Å². The molecule has 0 aliphatic rings. The van der Waals surface area contributed by atoms with Gasteiger partial charge in [-0.15, -0.1) is 0 Å². The minimum absolute atomic E-state index is 0.344. The second kappa shape index (κ2) is 4.23. The van der Waals surface area contributed by atoms with Crippen LogP contribution in [0.2, 0.25) is 0 Å². The van der Waals surface area contributed by atoms with E-state index in [-0.39, 0.29) is 5.97 Å². The first-order valence-electron chi connectivity index (χ1n) is 3.89. The van der Waals surface area contributed by atoms with E-state index in [9.17, 15) is 4.79 Å². The SMILES string of the molecule is CCOC(=O)c1sc(=NC)oc1C. The lowest BCUT2D eigenvalue weighted by molar-refractivity contribution is 0.0529. The summed E-state index contributed by atoms with van der Waals surface area (Å²) in [5, 5.41) is 0. The molecule has 0 N–H and O–H groups in total. The Labute approximate surface area is 79.9 Å². The maximum atomic E-state index is 11.3. The van der Waals surface area contributed by atoms with Gasteiger partial charge in [-0.25, -0.2) is 9.79 Å². The molecule has 0 saturated carbocycles. The summed E-state index contributed by atoms with van der Waals surface area (Å²) >= 11 is 1.20. The van der Waals surface area contributed by atoms with Gasteiger partial charge in [0.1, 0.15) is 5.76 Å². The Bertz CT molecular complexity index is 364. The second-order valence-electron chi connectivity index (χ2n) is 2.30. The molecule has 0 radical (unpaired) electrons. The van der Waals surface area contributed by atoms with Crippen molar-refractivity contribution in [2.24, 2.45) is 4.99 Å². The summed E-state index contributed by atoms with van der Waals surface area (Å²) in [4.78, 5) is 16.1. The predicted molar refractivity (Wildman–Crippen MR) is 48.8 cm³/mol. The number of carbonyl (C=O) groups is 1. The van der Waals surface area contributed by atoms with Gasteiger partial charge in [-0.05, 0) is 13.8 Å².